The van der Waals surface area contributed by atoms with Crippen LogP contribution in [0.3, 0.4) is 0 Å². The highest BCUT2D eigenvalue weighted by Gasteiger charge is 2.13. The minimum Gasteiger partial charge on any atom is -0.349 e. The normalized spacial score (nSPS) is 11.9. The number of halogens is 2. The zero-order valence-corrected chi connectivity index (χ0v) is 15.7. The number of thiophene rings is 1. The van der Waals surface area contributed by atoms with E-state index in [-0.39, 0.29) is 24.4 Å². The lowest BCUT2D eigenvalue weighted by molar-refractivity contribution is 0.0954. The van der Waals surface area contributed by atoms with Crippen molar-refractivity contribution in [1.29, 1.82) is 0 Å². The lowest BCUT2D eigenvalue weighted by atomic mass is 9.99. The molecule has 0 saturated carbocycles. The summed E-state index contributed by atoms with van der Waals surface area (Å²) < 4.78 is 0.819. The van der Waals surface area contributed by atoms with E-state index >= 15 is 0 Å². The van der Waals surface area contributed by atoms with Gasteiger partial charge in [-0.1, -0.05) is 38.1 Å². The van der Waals surface area contributed by atoms with Crippen LogP contribution in [0.2, 0.25) is 0 Å². The minimum atomic E-state index is -0.200. The zero-order valence-electron chi connectivity index (χ0n) is 12.5. The van der Waals surface area contributed by atoms with Crippen LogP contribution in [0.25, 0.3) is 0 Å². The molecule has 0 saturated heterocycles. The van der Waals surface area contributed by atoms with Crippen LogP contribution in [0.15, 0.2) is 40.2 Å². The number of rotatable bonds is 5. The van der Waals surface area contributed by atoms with Crippen molar-refractivity contribution >= 4 is 45.6 Å². The lowest BCUT2D eigenvalue weighted by Crippen LogP contribution is -2.31. The predicted octanol–water partition coefficient (Wildman–Crippen LogP) is 4.49. The van der Waals surface area contributed by atoms with Gasteiger partial charge in [-0.2, -0.15) is 0 Å². The summed E-state index contributed by atoms with van der Waals surface area (Å²) in [5.74, 6) is 0.414. The van der Waals surface area contributed by atoms with Crippen molar-refractivity contribution in [3.63, 3.8) is 0 Å². The largest absolute Gasteiger partial charge is 0.349 e. The summed E-state index contributed by atoms with van der Waals surface area (Å²) in [7, 11) is 0. The SMILES string of the molecule is CC(C)c1ccc(C(N)CNC(=O)c2sccc2Br)cc1.Cl. The Hall–Kier alpha value is -0.880. The first kappa shape index (κ1) is 19.2. The van der Waals surface area contributed by atoms with Crippen LogP contribution in [0, 0.1) is 0 Å². The molecule has 22 heavy (non-hydrogen) atoms. The monoisotopic (exact) mass is 402 g/mol. The molecule has 3 nitrogen and oxygen atoms in total. The first-order valence-corrected chi connectivity index (χ1v) is 8.53. The first-order chi connectivity index (χ1) is 9.99. The second-order valence-corrected chi connectivity index (χ2v) is 7.01. The van der Waals surface area contributed by atoms with Crippen molar-refractivity contribution in [2.24, 2.45) is 5.73 Å². The van der Waals surface area contributed by atoms with Gasteiger partial charge in [-0.3, -0.25) is 4.79 Å². The lowest BCUT2D eigenvalue weighted by Gasteiger charge is -2.14. The summed E-state index contributed by atoms with van der Waals surface area (Å²) >= 11 is 4.77. The highest BCUT2D eigenvalue weighted by atomic mass is 79.9. The molecule has 1 atom stereocenters. The molecule has 0 aliphatic heterocycles. The van der Waals surface area contributed by atoms with Gasteiger partial charge in [0.15, 0.2) is 0 Å². The van der Waals surface area contributed by atoms with Crippen LogP contribution >= 0.6 is 39.7 Å². The Labute approximate surface area is 149 Å². The van der Waals surface area contributed by atoms with Crippen molar-refractivity contribution in [1.82, 2.24) is 5.32 Å². The Morgan fingerprint density at radius 3 is 2.32 bits per heavy atom. The van der Waals surface area contributed by atoms with E-state index in [1.807, 2.05) is 23.6 Å². The smallest absolute Gasteiger partial charge is 0.262 e. The Morgan fingerprint density at radius 2 is 1.82 bits per heavy atom. The Kier molecular flexibility index (Phi) is 7.56. The van der Waals surface area contributed by atoms with E-state index in [9.17, 15) is 4.79 Å². The summed E-state index contributed by atoms with van der Waals surface area (Å²) in [6, 6.07) is 9.92. The van der Waals surface area contributed by atoms with Gasteiger partial charge in [-0.25, -0.2) is 0 Å². The van der Waals surface area contributed by atoms with Crippen molar-refractivity contribution in [3.8, 4) is 0 Å². The maximum Gasteiger partial charge on any atom is 0.262 e. The predicted molar refractivity (Wildman–Crippen MR) is 99.1 cm³/mol. The maximum atomic E-state index is 12.0. The average molecular weight is 404 g/mol. The molecule has 2 aromatic rings. The summed E-state index contributed by atoms with van der Waals surface area (Å²) in [5.41, 5.74) is 8.46. The minimum absolute atomic E-state index is 0. The van der Waals surface area contributed by atoms with Crippen LogP contribution in [-0.4, -0.2) is 12.5 Å². The molecule has 1 heterocycles. The summed E-state index contributed by atoms with van der Waals surface area (Å²) in [4.78, 5) is 12.7. The molecular weight excluding hydrogens is 384 g/mol. The van der Waals surface area contributed by atoms with Gasteiger partial charge in [0, 0.05) is 17.1 Å². The van der Waals surface area contributed by atoms with Gasteiger partial charge in [-0.05, 0) is 44.4 Å². The molecule has 0 spiro atoms. The van der Waals surface area contributed by atoms with Crippen molar-refractivity contribution in [3.05, 3.63) is 56.2 Å². The maximum absolute atomic E-state index is 12.0. The highest BCUT2D eigenvalue weighted by Crippen LogP contribution is 2.22. The summed E-state index contributed by atoms with van der Waals surface area (Å²) in [6.07, 6.45) is 0. The molecule has 0 radical (unpaired) electrons. The van der Waals surface area contributed by atoms with E-state index < -0.39 is 0 Å². The van der Waals surface area contributed by atoms with E-state index in [1.165, 1.54) is 16.9 Å². The number of hydrogen-bond acceptors (Lipinski definition) is 3. The summed E-state index contributed by atoms with van der Waals surface area (Å²) in [5, 5.41) is 4.76. The topological polar surface area (TPSA) is 55.1 Å². The molecule has 1 aromatic heterocycles. The Bertz CT molecular complexity index is 613. The Balaban J connectivity index is 0.00000242. The molecular formula is C16H20BrClN2OS. The fraction of sp³-hybridized carbons (Fsp3) is 0.312. The summed E-state index contributed by atoms with van der Waals surface area (Å²) in [6.45, 7) is 4.74. The number of hydrogen-bond donors (Lipinski definition) is 2. The standard InChI is InChI=1S/C16H19BrN2OS.ClH/c1-10(2)11-3-5-12(6-4-11)14(18)9-19-16(20)15-13(17)7-8-21-15;/h3-8,10,14H,9,18H2,1-2H3,(H,19,20);1H. The van der Waals surface area contributed by atoms with Crippen LogP contribution in [0.1, 0.15) is 46.6 Å². The van der Waals surface area contributed by atoms with Gasteiger partial charge < -0.3 is 11.1 Å². The second kappa shape index (κ2) is 8.67. The third-order valence-electron chi connectivity index (χ3n) is 3.34. The van der Waals surface area contributed by atoms with Crippen LogP contribution < -0.4 is 11.1 Å². The molecule has 1 unspecified atom stereocenters. The van der Waals surface area contributed by atoms with E-state index in [0.29, 0.717) is 17.3 Å². The average Bonchev–Trinajstić information content (AvgIpc) is 2.90. The van der Waals surface area contributed by atoms with Crippen LogP contribution in [0.5, 0.6) is 0 Å². The van der Waals surface area contributed by atoms with Crippen molar-refractivity contribution in [2.75, 3.05) is 6.54 Å². The first-order valence-electron chi connectivity index (χ1n) is 6.85. The number of carbonyl (C=O) groups excluding carboxylic acids is 1. The quantitative estimate of drug-likeness (QED) is 0.773. The van der Waals surface area contributed by atoms with E-state index in [0.717, 1.165) is 10.0 Å². The van der Waals surface area contributed by atoms with Crippen LogP contribution in [-0.2, 0) is 0 Å². The molecule has 2 rings (SSSR count). The molecule has 1 amide bonds. The van der Waals surface area contributed by atoms with Gasteiger partial charge in [0.1, 0.15) is 4.88 Å². The number of nitrogens with two attached hydrogens (primary N) is 1. The second-order valence-electron chi connectivity index (χ2n) is 5.24. The van der Waals surface area contributed by atoms with Crippen molar-refractivity contribution in [2.45, 2.75) is 25.8 Å². The number of carbonyl (C=O) groups is 1. The van der Waals surface area contributed by atoms with E-state index in [2.05, 4.69) is 47.2 Å². The van der Waals surface area contributed by atoms with E-state index in [1.54, 1.807) is 0 Å². The molecule has 6 heteroatoms. The zero-order chi connectivity index (χ0) is 15.4. The van der Waals surface area contributed by atoms with Gasteiger partial charge in [0.05, 0.1) is 0 Å². The Morgan fingerprint density at radius 1 is 1.23 bits per heavy atom. The molecule has 0 aliphatic carbocycles. The molecule has 3 N–H and O–H groups in total. The highest BCUT2D eigenvalue weighted by molar-refractivity contribution is 9.10. The van der Waals surface area contributed by atoms with E-state index in [4.69, 9.17) is 5.73 Å². The number of amides is 1. The van der Waals surface area contributed by atoms with Gasteiger partial charge in [-0.15, -0.1) is 23.7 Å². The fourth-order valence-corrected chi connectivity index (χ4v) is 3.45. The molecule has 0 aliphatic rings. The molecule has 0 bridgehead atoms. The van der Waals surface area contributed by atoms with Crippen molar-refractivity contribution < 1.29 is 4.79 Å². The number of nitrogens with one attached hydrogen (secondary N) is 1. The molecule has 120 valence electrons. The number of benzene rings is 1. The molecule has 1 aromatic carbocycles. The van der Waals surface area contributed by atoms with Crippen LogP contribution in [0.4, 0.5) is 0 Å². The van der Waals surface area contributed by atoms with Gasteiger partial charge >= 0.3 is 0 Å². The molecule has 0 fully saturated rings. The fourth-order valence-electron chi connectivity index (χ4n) is 1.98. The third kappa shape index (κ3) is 4.81. The van der Waals surface area contributed by atoms with Gasteiger partial charge in [0.25, 0.3) is 5.91 Å². The van der Waals surface area contributed by atoms with Gasteiger partial charge in [0.2, 0.25) is 0 Å². The third-order valence-corrected chi connectivity index (χ3v) is 5.17.